The Morgan fingerprint density at radius 3 is 2.35 bits per heavy atom. The van der Waals surface area contributed by atoms with Crippen LogP contribution < -0.4 is 9.47 Å². The second kappa shape index (κ2) is 5.94. The fourth-order valence-corrected chi connectivity index (χ4v) is 1.76. The summed E-state index contributed by atoms with van der Waals surface area (Å²) >= 11 is 0. The van der Waals surface area contributed by atoms with Crippen LogP contribution >= 0.6 is 0 Å². The zero-order valence-corrected chi connectivity index (χ0v) is 11.3. The van der Waals surface area contributed by atoms with E-state index in [9.17, 15) is 4.79 Å². The van der Waals surface area contributed by atoms with Crippen LogP contribution in [0.1, 0.15) is 21.5 Å². The molecule has 0 amide bonds. The van der Waals surface area contributed by atoms with Crippen molar-refractivity contribution < 1.29 is 14.3 Å². The van der Waals surface area contributed by atoms with Gasteiger partial charge in [-0.3, -0.25) is 0 Å². The maximum atomic E-state index is 12.1. The van der Waals surface area contributed by atoms with E-state index in [1.54, 1.807) is 43.5 Å². The van der Waals surface area contributed by atoms with Crippen molar-refractivity contribution in [1.29, 1.82) is 0 Å². The first-order chi connectivity index (χ1) is 9.63. The van der Waals surface area contributed by atoms with Crippen LogP contribution in [0.25, 0.3) is 0 Å². The number of carbonyl (C=O) groups excluding carboxylic acids is 1. The lowest BCUT2D eigenvalue weighted by Crippen LogP contribution is -2.10. The van der Waals surface area contributed by atoms with Crippen molar-refractivity contribution in [1.82, 2.24) is 0 Å². The highest BCUT2D eigenvalue weighted by atomic mass is 16.5. The molecule has 2 rings (SSSR count). The molecule has 0 aliphatic carbocycles. The third-order valence-corrected chi connectivity index (χ3v) is 2.82. The van der Waals surface area contributed by atoms with Crippen LogP contribution in [-0.4, -0.2) is 13.1 Å². The predicted octanol–water partition coefficient (Wildman–Crippen LogP) is 3.20. The van der Waals surface area contributed by atoms with Crippen molar-refractivity contribution in [3.63, 3.8) is 0 Å². The Balaban J connectivity index is 2.21. The largest absolute Gasteiger partial charge is 0.497 e. The number of aryl methyl sites for hydroxylation is 1. The summed E-state index contributed by atoms with van der Waals surface area (Å²) in [5.74, 6) is 3.17. The van der Waals surface area contributed by atoms with Crippen LogP contribution in [0.4, 0.5) is 0 Å². The summed E-state index contributed by atoms with van der Waals surface area (Å²) in [7, 11) is 1.58. The number of methoxy groups -OCH3 is 1. The number of benzene rings is 2. The van der Waals surface area contributed by atoms with Gasteiger partial charge in [-0.05, 0) is 48.9 Å². The summed E-state index contributed by atoms with van der Waals surface area (Å²) in [4.78, 5) is 12.1. The second-order valence-electron chi connectivity index (χ2n) is 4.26. The van der Waals surface area contributed by atoms with Crippen molar-refractivity contribution in [2.75, 3.05) is 7.11 Å². The number of carbonyl (C=O) groups is 1. The van der Waals surface area contributed by atoms with E-state index in [0.29, 0.717) is 22.6 Å². The van der Waals surface area contributed by atoms with Gasteiger partial charge in [0.05, 0.1) is 12.7 Å². The first kappa shape index (κ1) is 13.7. The minimum atomic E-state index is -0.469. The van der Waals surface area contributed by atoms with Gasteiger partial charge in [0.15, 0.2) is 0 Å². The van der Waals surface area contributed by atoms with Crippen molar-refractivity contribution in [3.05, 3.63) is 59.2 Å². The van der Waals surface area contributed by atoms with Crippen molar-refractivity contribution >= 4 is 5.97 Å². The maximum absolute atomic E-state index is 12.1. The third kappa shape index (κ3) is 2.99. The fourth-order valence-electron chi connectivity index (χ4n) is 1.76. The van der Waals surface area contributed by atoms with Crippen LogP contribution in [0.3, 0.4) is 0 Å². The average molecular weight is 266 g/mol. The minimum Gasteiger partial charge on any atom is -0.497 e. The number of hydrogen-bond acceptors (Lipinski definition) is 3. The molecule has 2 aromatic carbocycles. The molecule has 0 atom stereocenters. The topological polar surface area (TPSA) is 35.5 Å². The normalized spacial score (nSPS) is 9.65. The molecule has 3 nitrogen and oxygen atoms in total. The molecule has 0 bridgehead atoms. The van der Waals surface area contributed by atoms with Gasteiger partial charge in [-0.25, -0.2) is 4.79 Å². The van der Waals surface area contributed by atoms with Gasteiger partial charge in [0.25, 0.3) is 0 Å². The molecular formula is C17H14O3. The molecule has 0 N–H and O–H groups in total. The Hall–Kier alpha value is -2.73. The van der Waals surface area contributed by atoms with E-state index < -0.39 is 5.97 Å². The Morgan fingerprint density at radius 1 is 1.10 bits per heavy atom. The highest BCUT2D eigenvalue weighted by Crippen LogP contribution is 2.19. The van der Waals surface area contributed by atoms with E-state index in [1.807, 2.05) is 13.0 Å². The molecule has 20 heavy (non-hydrogen) atoms. The summed E-state index contributed by atoms with van der Waals surface area (Å²) in [6.07, 6.45) is 5.41. The number of hydrogen-bond donors (Lipinski definition) is 0. The van der Waals surface area contributed by atoms with E-state index in [-0.39, 0.29) is 0 Å². The molecule has 0 aliphatic heterocycles. The smallest absolute Gasteiger partial charge is 0.344 e. The molecule has 0 aliphatic rings. The standard InChI is InChI=1S/C17H14O3/c1-4-13-11-12(2)5-10-16(13)17(18)20-15-8-6-14(19-3)7-9-15/h1,5-11H,2-3H3. The highest BCUT2D eigenvalue weighted by Gasteiger charge is 2.13. The Bertz CT molecular complexity index is 664. The summed E-state index contributed by atoms with van der Waals surface area (Å²) < 4.78 is 10.3. The quantitative estimate of drug-likeness (QED) is 0.486. The predicted molar refractivity (Wildman–Crippen MR) is 77.1 cm³/mol. The molecule has 0 heterocycles. The Kier molecular flexibility index (Phi) is 4.07. The molecule has 0 spiro atoms. The van der Waals surface area contributed by atoms with Gasteiger partial charge in [0, 0.05) is 5.56 Å². The SMILES string of the molecule is C#Cc1cc(C)ccc1C(=O)Oc1ccc(OC)cc1. The van der Waals surface area contributed by atoms with Gasteiger partial charge in [-0.1, -0.05) is 12.0 Å². The van der Waals surface area contributed by atoms with E-state index in [0.717, 1.165) is 5.56 Å². The molecule has 3 heteroatoms. The van der Waals surface area contributed by atoms with Gasteiger partial charge in [0.2, 0.25) is 0 Å². The first-order valence-electron chi connectivity index (χ1n) is 6.07. The fraction of sp³-hybridized carbons (Fsp3) is 0.118. The Morgan fingerprint density at radius 2 is 1.75 bits per heavy atom. The highest BCUT2D eigenvalue weighted by molar-refractivity contribution is 5.93. The van der Waals surface area contributed by atoms with Gasteiger partial charge in [-0.2, -0.15) is 0 Å². The first-order valence-corrected chi connectivity index (χ1v) is 6.07. The van der Waals surface area contributed by atoms with E-state index in [2.05, 4.69) is 5.92 Å². The lowest BCUT2D eigenvalue weighted by Gasteiger charge is -2.07. The summed E-state index contributed by atoms with van der Waals surface area (Å²) in [6.45, 7) is 1.92. The molecule has 0 saturated carbocycles. The van der Waals surface area contributed by atoms with Gasteiger partial charge < -0.3 is 9.47 Å². The second-order valence-corrected chi connectivity index (χ2v) is 4.26. The van der Waals surface area contributed by atoms with E-state index >= 15 is 0 Å². The maximum Gasteiger partial charge on any atom is 0.344 e. The van der Waals surface area contributed by atoms with Crippen LogP contribution in [0.2, 0.25) is 0 Å². The lowest BCUT2D eigenvalue weighted by atomic mass is 10.1. The molecule has 2 aromatic rings. The van der Waals surface area contributed by atoms with E-state index in [4.69, 9.17) is 15.9 Å². The number of terminal acetylenes is 1. The zero-order valence-electron chi connectivity index (χ0n) is 11.3. The van der Waals surface area contributed by atoms with Crippen molar-refractivity contribution in [2.45, 2.75) is 6.92 Å². The van der Waals surface area contributed by atoms with Crippen LogP contribution in [0, 0.1) is 19.3 Å². The van der Waals surface area contributed by atoms with Crippen LogP contribution in [-0.2, 0) is 0 Å². The molecule has 0 aromatic heterocycles. The summed E-state index contributed by atoms with van der Waals surface area (Å²) in [5, 5.41) is 0. The molecule has 100 valence electrons. The van der Waals surface area contributed by atoms with Gasteiger partial charge >= 0.3 is 5.97 Å². The average Bonchev–Trinajstić information content (AvgIpc) is 2.47. The summed E-state index contributed by atoms with van der Waals surface area (Å²) in [6, 6.07) is 12.1. The molecule has 0 fully saturated rings. The number of ether oxygens (including phenoxy) is 2. The van der Waals surface area contributed by atoms with Crippen molar-refractivity contribution in [3.8, 4) is 23.8 Å². The molecule has 0 saturated heterocycles. The molecule has 0 unspecified atom stereocenters. The minimum absolute atomic E-state index is 0.383. The number of esters is 1. The van der Waals surface area contributed by atoms with Gasteiger partial charge in [-0.15, -0.1) is 6.42 Å². The van der Waals surface area contributed by atoms with Gasteiger partial charge in [0.1, 0.15) is 11.5 Å². The Labute approximate surface area is 118 Å². The molecular weight excluding hydrogens is 252 g/mol. The monoisotopic (exact) mass is 266 g/mol. The zero-order chi connectivity index (χ0) is 14.5. The van der Waals surface area contributed by atoms with Crippen LogP contribution in [0.5, 0.6) is 11.5 Å². The lowest BCUT2D eigenvalue weighted by molar-refractivity contribution is 0.0734. The third-order valence-electron chi connectivity index (χ3n) is 2.82. The molecule has 0 radical (unpaired) electrons. The van der Waals surface area contributed by atoms with Crippen molar-refractivity contribution in [2.24, 2.45) is 0 Å². The van der Waals surface area contributed by atoms with Crippen LogP contribution in [0.15, 0.2) is 42.5 Å². The van der Waals surface area contributed by atoms with E-state index in [1.165, 1.54) is 0 Å². The summed E-state index contributed by atoms with van der Waals surface area (Å²) in [5.41, 5.74) is 1.91. The number of rotatable bonds is 3.